The molecular formula is C21H18F2N4O4. The Labute approximate surface area is 176 Å². The van der Waals surface area contributed by atoms with Gasteiger partial charge < -0.3 is 20.6 Å². The minimum absolute atomic E-state index is 0.0751. The van der Waals surface area contributed by atoms with Crippen molar-refractivity contribution in [1.29, 1.82) is 0 Å². The number of pyridine rings is 1. The number of hydrogen-bond donors (Lipinski definition) is 3. The monoisotopic (exact) mass is 428 g/mol. The number of urea groups is 1. The zero-order valence-corrected chi connectivity index (χ0v) is 16.1. The number of imide groups is 1. The van der Waals surface area contributed by atoms with Crippen molar-refractivity contribution in [1.82, 2.24) is 10.3 Å². The predicted octanol–water partition coefficient (Wildman–Crippen LogP) is 3.44. The van der Waals surface area contributed by atoms with Gasteiger partial charge in [0.05, 0.1) is 6.42 Å². The number of ether oxygens (including phenoxy) is 1. The minimum atomic E-state index is -0.827. The molecule has 8 nitrogen and oxygen atoms in total. The number of anilines is 2. The van der Waals surface area contributed by atoms with Gasteiger partial charge in [-0.2, -0.15) is 0 Å². The van der Waals surface area contributed by atoms with E-state index in [9.17, 15) is 18.4 Å². The molecule has 0 aliphatic carbocycles. The van der Waals surface area contributed by atoms with E-state index in [0.717, 1.165) is 6.07 Å². The molecule has 4 N–H and O–H groups in total. The highest BCUT2D eigenvalue weighted by Crippen LogP contribution is 2.27. The smallest absolute Gasteiger partial charge is 0.325 e. The van der Waals surface area contributed by atoms with Gasteiger partial charge in [0.1, 0.15) is 24.2 Å². The van der Waals surface area contributed by atoms with Crippen molar-refractivity contribution >= 4 is 30.2 Å². The van der Waals surface area contributed by atoms with E-state index in [1.165, 1.54) is 54.7 Å². The van der Waals surface area contributed by atoms with Crippen molar-refractivity contribution in [3.8, 4) is 11.5 Å². The molecule has 0 aliphatic rings. The second-order valence-corrected chi connectivity index (χ2v) is 5.97. The molecule has 1 aromatic heterocycles. The summed E-state index contributed by atoms with van der Waals surface area (Å²) >= 11 is 0. The standard InChI is InChI=1S/C20H16F2N4O3.CH2O/c21-13-3-1-12(2-4-13)9-19(27)26-20(28)25-14-5-6-17(16(22)10-14)29-15-7-8-24-18(23)11-15;1-2/h1-8,10-11H,9H2,(H2,23,24)(H2,25,26,27,28);1H2. The molecule has 3 rings (SSSR count). The molecule has 3 amide bonds. The lowest BCUT2D eigenvalue weighted by atomic mass is 10.1. The molecule has 0 atom stereocenters. The summed E-state index contributed by atoms with van der Waals surface area (Å²) in [6.07, 6.45) is 1.32. The Bertz CT molecular complexity index is 1060. The van der Waals surface area contributed by atoms with Crippen LogP contribution < -0.4 is 21.1 Å². The van der Waals surface area contributed by atoms with E-state index in [-0.39, 0.29) is 23.7 Å². The van der Waals surface area contributed by atoms with Crippen LogP contribution in [0.4, 0.5) is 25.1 Å². The Morgan fingerprint density at radius 1 is 1.03 bits per heavy atom. The maximum absolute atomic E-state index is 14.2. The van der Waals surface area contributed by atoms with Crippen molar-refractivity contribution in [3.05, 3.63) is 78.0 Å². The predicted molar refractivity (Wildman–Crippen MR) is 110 cm³/mol. The Kier molecular flexibility index (Phi) is 8.14. The number of hydrogen-bond acceptors (Lipinski definition) is 6. The Morgan fingerprint density at radius 2 is 1.74 bits per heavy atom. The topological polar surface area (TPSA) is 123 Å². The van der Waals surface area contributed by atoms with Crippen molar-refractivity contribution in [3.63, 3.8) is 0 Å². The maximum Gasteiger partial charge on any atom is 0.325 e. The van der Waals surface area contributed by atoms with Crippen LogP contribution in [0.15, 0.2) is 60.8 Å². The quantitative estimate of drug-likeness (QED) is 0.572. The highest BCUT2D eigenvalue weighted by molar-refractivity contribution is 6.01. The summed E-state index contributed by atoms with van der Waals surface area (Å²) in [5.41, 5.74) is 6.20. The van der Waals surface area contributed by atoms with Crippen molar-refractivity contribution in [2.24, 2.45) is 0 Å². The molecule has 10 heteroatoms. The van der Waals surface area contributed by atoms with Gasteiger partial charge in [-0.15, -0.1) is 0 Å². The van der Waals surface area contributed by atoms with Crippen LogP contribution >= 0.6 is 0 Å². The van der Waals surface area contributed by atoms with Gasteiger partial charge in [-0.05, 0) is 35.9 Å². The molecule has 0 fully saturated rings. The molecule has 2 aromatic carbocycles. The molecule has 160 valence electrons. The van der Waals surface area contributed by atoms with Crippen LogP contribution in [0.25, 0.3) is 0 Å². The first-order valence-corrected chi connectivity index (χ1v) is 8.72. The molecule has 0 bridgehead atoms. The van der Waals surface area contributed by atoms with Crippen LogP contribution in [-0.2, 0) is 16.0 Å². The zero-order chi connectivity index (χ0) is 22.8. The number of nitrogen functional groups attached to an aromatic ring is 1. The first-order chi connectivity index (χ1) is 14.9. The van der Waals surface area contributed by atoms with E-state index in [1.54, 1.807) is 0 Å². The number of rotatable bonds is 5. The Balaban J connectivity index is 0.00000166. The maximum atomic E-state index is 14.2. The minimum Gasteiger partial charge on any atom is -0.454 e. The SMILES string of the molecule is C=O.Nc1cc(Oc2ccc(NC(=O)NC(=O)Cc3ccc(F)cc3)cc2F)ccn1. The third-order valence-corrected chi connectivity index (χ3v) is 3.70. The first kappa shape index (κ1) is 22.9. The van der Waals surface area contributed by atoms with Crippen LogP contribution in [-0.4, -0.2) is 23.7 Å². The summed E-state index contributed by atoms with van der Waals surface area (Å²) in [6, 6.07) is 11.2. The number of amides is 3. The fraction of sp³-hybridized carbons (Fsp3) is 0.0476. The number of benzene rings is 2. The van der Waals surface area contributed by atoms with Crippen molar-refractivity contribution in [2.75, 3.05) is 11.1 Å². The van der Waals surface area contributed by atoms with E-state index in [2.05, 4.69) is 15.6 Å². The van der Waals surface area contributed by atoms with Gasteiger partial charge in [-0.1, -0.05) is 12.1 Å². The van der Waals surface area contributed by atoms with Gasteiger partial charge in [-0.3, -0.25) is 10.1 Å². The molecule has 3 aromatic rings. The van der Waals surface area contributed by atoms with E-state index in [4.69, 9.17) is 15.3 Å². The lowest BCUT2D eigenvalue weighted by molar-refractivity contribution is -0.119. The lowest BCUT2D eigenvalue weighted by Gasteiger charge is -2.10. The van der Waals surface area contributed by atoms with Gasteiger partial charge in [0.2, 0.25) is 5.91 Å². The van der Waals surface area contributed by atoms with Crippen LogP contribution in [0.5, 0.6) is 11.5 Å². The third-order valence-electron chi connectivity index (χ3n) is 3.70. The molecule has 0 spiro atoms. The fourth-order valence-corrected chi connectivity index (χ4v) is 2.40. The van der Waals surface area contributed by atoms with Gasteiger partial charge in [0, 0.05) is 24.0 Å². The Hall–Kier alpha value is -4.34. The second-order valence-electron chi connectivity index (χ2n) is 5.97. The lowest BCUT2D eigenvalue weighted by Crippen LogP contribution is -2.35. The summed E-state index contributed by atoms with van der Waals surface area (Å²) < 4.78 is 32.5. The molecule has 0 unspecified atom stereocenters. The van der Waals surface area contributed by atoms with Gasteiger partial charge in [0.25, 0.3) is 0 Å². The molecule has 0 radical (unpaired) electrons. The molecule has 0 saturated carbocycles. The number of halogens is 2. The van der Waals surface area contributed by atoms with Crippen molar-refractivity contribution in [2.45, 2.75) is 6.42 Å². The van der Waals surface area contributed by atoms with Crippen LogP contribution in [0.2, 0.25) is 0 Å². The van der Waals surface area contributed by atoms with Crippen molar-refractivity contribution < 1.29 is 27.9 Å². The zero-order valence-electron chi connectivity index (χ0n) is 16.1. The Morgan fingerprint density at radius 3 is 2.39 bits per heavy atom. The molecule has 0 saturated heterocycles. The number of aromatic nitrogens is 1. The van der Waals surface area contributed by atoms with Crippen LogP contribution in [0.1, 0.15) is 5.56 Å². The highest BCUT2D eigenvalue weighted by Gasteiger charge is 2.11. The molecule has 0 aliphatic heterocycles. The largest absolute Gasteiger partial charge is 0.454 e. The number of carbonyl (C=O) groups is 3. The van der Waals surface area contributed by atoms with E-state index >= 15 is 0 Å². The summed E-state index contributed by atoms with van der Waals surface area (Å²) in [5.74, 6) is -1.28. The van der Waals surface area contributed by atoms with Gasteiger partial charge in [0.15, 0.2) is 11.6 Å². The average Bonchev–Trinajstić information content (AvgIpc) is 2.73. The fourth-order valence-electron chi connectivity index (χ4n) is 2.40. The van der Waals surface area contributed by atoms with Gasteiger partial charge >= 0.3 is 6.03 Å². The number of nitrogens with zero attached hydrogens (tertiary/aromatic N) is 1. The van der Waals surface area contributed by atoms with Gasteiger partial charge in [-0.25, -0.2) is 18.6 Å². The summed E-state index contributed by atoms with van der Waals surface area (Å²) in [5, 5.41) is 4.47. The number of carbonyl (C=O) groups excluding carboxylic acids is 3. The number of nitrogens with two attached hydrogens (primary N) is 1. The second kappa shape index (κ2) is 11.0. The van der Waals surface area contributed by atoms with E-state index in [0.29, 0.717) is 11.3 Å². The summed E-state index contributed by atoms with van der Waals surface area (Å²) in [6.45, 7) is 2.00. The number of nitrogens with one attached hydrogen (secondary N) is 2. The van der Waals surface area contributed by atoms with E-state index in [1.807, 2.05) is 6.79 Å². The van der Waals surface area contributed by atoms with Crippen LogP contribution in [0, 0.1) is 11.6 Å². The normalized spacial score (nSPS) is 9.74. The molecule has 31 heavy (non-hydrogen) atoms. The average molecular weight is 428 g/mol. The summed E-state index contributed by atoms with van der Waals surface area (Å²) in [4.78, 5) is 35.6. The highest BCUT2D eigenvalue weighted by atomic mass is 19.1. The molecule has 1 heterocycles. The van der Waals surface area contributed by atoms with E-state index < -0.39 is 23.6 Å². The third kappa shape index (κ3) is 7.20. The summed E-state index contributed by atoms with van der Waals surface area (Å²) in [7, 11) is 0. The molecular weight excluding hydrogens is 410 g/mol. The first-order valence-electron chi connectivity index (χ1n) is 8.72. The van der Waals surface area contributed by atoms with Crippen LogP contribution in [0.3, 0.4) is 0 Å².